The SMILES string of the molecule is CC.CC.CC(c1ccc(F)c(Cl)c1)c1ccc(F)c(Cl)c1. The molecule has 0 radical (unpaired) electrons. The Bertz CT molecular complexity index is 532. The van der Waals surface area contributed by atoms with E-state index in [0.717, 1.165) is 11.1 Å². The van der Waals surface area contributed by atoms with Crippen molar-refractivity contribution in [1.29, 1.82) is 0 Å². The van der Waals surface area contributed by atoms with E-state index in [4.69, 9.17) is 23.2 Å². The number of halogens is 4. The standard InChI is InChI=1S/C14H10Cl2F2.2C2H6/c1-8(9-2-4-13(17)11(15)6-9)10-3-5-14(18)12(16)7-10;2*1-2/h2-8H,1H3;2*1-2H3. The Balaban J connectivity index is 0.00000102. The molecule has 2 aromatic carbocycles. The van der Waals surface area contributed by atoms with Gasteiger partial charge in [0, 0.05) is 5.92 Å². The van der Waals surface area contributed by atoms with Gasteiger partial charge in [0.2, 0.25) is 0 Å². The van der Waals surface area contributed by atoms with Crippen molar-refractivity contribution in [2.75, 3.05) is 0 Å². The van der Waals surface area contributed by atoms with E-state index >= 15 is 0 Å². The Hall–Kier alpha value is -1.12. The molecule has 0 aromatic heterocycles. The molecule has 0 heterocycles. The Morgan fingerprint density at radius 2 is 1.05 bits per heavy atom. The van der Waals surface area contributed by atoms with Gasteiger partial charge in [-0.25, -0.2) is 8.78 Å². The summed E-state index contributed by atoms with van der Waals surface area (Å²) in [6, 6.07) is 9.09. The predicted molar refractivity (Wildman–Crippen MR) is 93.0 cm³/mol. The van der Waals surface area contributed by atoms with E-state index in [9.17, 15) is 8.78 Å². The minimum atomic E-state index is -0.454. The molecule has 2 rings (SSSR count). The molecule has 0 aliphatic heterocycles. The van der Waals surface area contributed by atoms with E-state index in [1.54, 1.807) is 24.3 Å². The van der Waals surface area contributed by atoms with Crippen molar-refractivity contribution in [2.24, 2.45) is 0 Å². The first-order chi connectivity index (χ1) is 10.5. The molecule has 0 saturated heterocycles. The summed E-state index contributed by atoms with van der Waals surface area (Å²) in [5, 5.41) is 0.153. The van der Waals surface area contributed by atoms with Gasteiger partial charge in [0.05, 0.1) is 10.0 Å². The van der Waals surface area contributed by atoms with Crippen LogP contribution < -0.4 is 0 Å². The lowest BCUT2D eigenvalue weighted by Crippen LogP contribution is -1.97. The third-order valence-corrected chi connectivity index (χ3v) is 3.47. The molecule has 0 bridgehead atoms. The molecule has 0 amide bonds. The maximum atomic E-state index is 13.1. The van der Waals surface area contributed by atoms with Gasteiger partial charge in [-0.3, -0.25) is 0 Å². The molecule has 0 unspecified atom stereocenters. The van der Waals surface area contributed by atoms with E-state index in [0.29, 0.717) is 0 Å². The first-order valence-corrected chi connectivity index (χ1v) is 8.14. The number of rotatable bonds is 2. The lowest BCUT2D eigenvalue weighted by atomic mass is 9.93. The van der Waals surface area contributed by atoms with Crippen LogP contribution in [-0.2, 0) is 0 Å². The van der Waals surface area contributed by atoms with E-state index in [2.05, 4.69) is 0 Å². The Morgan fingerprint density at radius 1 is 0.727 bits per heavy atom. The molecular weight excluding hydrogens is 325 g/mol. The largest absolute Gasteiger partial charge is 0.205 e. The van der Waals surface area contributed by atoms with Crippen LogP contribution in [0.1, 0.15) is 51.7 Å². The zero-order valence-corrected chi connectivity index (χ0v) is 15.1. The highest BCUT2D eigenvalue weighted by atomic mass is 35.5. The van der Waals surface area contributed by atoms with E-state index < -0.39 is 11.6 Å². The lowest BCUT2D eigenvalue weighted by molar-refractivity contribution is 0.626. The summed E-state index contributed by atoms with van der Waals surface area (Å²) >= 11 is 11.5. The summed E-state index contributed by atoms with van der Waals surface area (Å²) in [6.07, 6.45) is 0. The van der Waals surface area contributed by atoms with E-state index in [-0.39, 0.29) is 16.0 Å². The molecular formula is C18H22Cl2F2. The second kappa shape index (κ2) is 10.6. The van der Waals surface area contributed by atoms with Gasteiger partial charge in [-0.05, 0) is 35.4 Å². The van der Waals surface area contributed by atoms with Gasteiger partial charge in [0.1, 0.15) is 11.6 Å². The average molecular weight is 347 g/mol. The molecule has 0 fully saturated rings. The van der Waals surface area contributed by atoms with Gasteiger partial charge >= 0.3 is 0 Å². The van der Waals surface area contributed by atoms with Crippen molar-refractivity contribution in [3.63, 3.8) is 0 Å². The minimum Gasteiger partial charge on any atom is -0.205 e. The van der Waals surface area contributed by atoms with Crippen molar-refractivity contribution < 1.29 is 8.78 Å². The summed E-state index contributed by atoms with van der Waals surface area (Å²) < 4.78 is 26.2. The molecule has 2 aromatic rings. The van der Waals surface area contributed by atoms with Crippen LogP contribution in [0.5, 0.6) is 0 Å². The molecule has 0 saturated carbocycles. The maximum absolute atomic E-state index is 13.1. The molecule has 22 heavy (non-hydrogen) atoms. The van der Waals surface area contributed by atoms with Crippen LogP contribution >= 0.6 is 23.2 Å². The maximum Gasteiger partial charge on any atom is 0.141 e. The summed E-state index contributed by atoms with van der Waals surface area (Å²) in [7, 11) is 0. The van der Waals surface area contributed by atoms with Gasteiger partial charge < -0.3 is 0 Å². The van der Waals surface area contributed by atoms with Gasteiger partial charge in [-0.1, -0.05) is 70.0 Å². The molecule has 0 nitrogen and oxygen atoms in total. The van der Waals surface area contributed by atoms with Crippen LogP contribution in [0.2, 0.25) is 10.0 Å². The molecule has 4 heteroatoms. The van der Waals surface area contributed by atoms with Crippen molar-refractivity contribution in [3.05, 3.63) is 69.2 Å². The van der Waals surface area contributed by atoms with Crippen LogP contribution in [0.25, 0.3) is 0 Å². The minimum absolute atomic E-state index is 0.0406. The molecule has 0 aliphatic rings. The smallest absolute Gasteiger partial charge is 0.141 e. The highest BCUT2D eigenvalue weighted by molar-refractivity contribution is 6.31. The first-order valence-electron chi connectivity index (χ1n) is 7.39. The quantitative estimate of drug-likeness (QED) is 0.528. The van der Waals surface area contributed by atoms with Crippen LogP contribution in [0.15, 0.2) is 36.4 Å². The highest BCUT2D eigenvalue weighted by Gasteiger charge is 2.12. The number of benzene rings is 2. The van der Waals surface area contributed by atoms with Crippen LogP contribution in [-0.4, -0.2) is 0 Å². The van der Waals surface area contributed by atoms with Gasteiger partial charge in [0.15, 0.2) is 0 Å². The average Bonchev–Trinajstić information content (AvgIpc) is 2.56. The zero-order chi connectivity index (χ0) is 17.3. The van der Waals surface area contributed by atoms with Gasteiger partial charge in [-0.2, -0.15) is 0 Å². The second-order valence-electron chi connectivity index (χ2n) is 4.07. The van der Waals surface area contributed by atoms with Crippen molar-refractivity contribution >= 4 is 23.2 Å². The fourth-order valence-electron chi connectivity index (χ4n) is 1.76. The van der Waals surface area contributed by atoms with Crippen LogP contribution in [0.3, 0.4) is 0 Å². The van der Waals surface area contributed by atoms with Gasteiger partial charge in [-0.15, -0.1) is 0 Å². The Morgan fingerprint density at radius 3 is 1.32 bits per heavy atom. The lowest BCUT2D eigenvalue weighted by Gasteiger charge is -2.13. The van der Waals surface area contributed by atoms with Crippen molar-refractivity contribution in [2.45, 2.75) is 40.5 Å². The predicted octanol–water partition coefficient (Wildman–Crippen LogP) is 7.48. The number of hydrogen-bond acceptors (Lipinski definition) is 0. The third-order valence-electron chi connectivity index (χ3n) is 2.89. The summed E-state index contributed by atoms with van der Waals surface area (Å²) in [4.78, 5) is 0. The highest BCUT2D eigenvalue weighted by Crippen LogP contribution is 2.29. The fourth-order valence-corrected chi connectivity index (χ4v) is 2.13. The first kappa shape index (κ1) is 20.9. The monoisotopic (exact) mass is 346 g/mol. The molecule has 0 aliphatic carbocycles. The van der Waals surface area contributed by atoms with E-state index in [1.807, 2.05) is 34.6 Å². The molecule has 0 spiro atoms. The van der Waals surface area contributed by atoms with Gasteiger partial charge in [0.25, 0.3) is 0 Å². The Labute approximate surface area is 142 Å². The normalized spacial score (nSPS) is 9.55. The summed E-state index contributed by atoms with van der Waals surface area (Å²) in [5.41, 5.74) is 1.70. The molecule has 122 valence electrons. The number of hydrogen-bond donors (Lipinski definition) is 0. The molecule has 0 N–H and O–H groups in total. The van der Waals surface area contributed by atoms with Crippen LogP contribution in [0, 0.1) is 11.6 Å². The van der Waals surface area contributed by atoms with Crippen molar-refractivity contribution in [1.82, 2.24) is 0 Å². The topological polar surface area (TPSA) is 0 Å². The fraction of sp³-hybridized carbons (Fsp3) is 0.333. The van der Waals surface area contributed by atoms with Crippen molar-refractivity contribution in [3.8, 4) is 0 Å². The second-order valence-corrected chi connectivity index (χ2v) is 4.88. The Kier molecular flexibility index (Phi) is 10.0. The third kappa shape index (κ3) is 5.58. The summed E-state index contributed by atoms with van der Waals surface area (Å²) in [6.45, 7) is 9.92. The zero-order valence-electron chi connectivity index (χ0n) is 13.6. The van der Waals surface area contributed by atoms with Crippen LogP contribution in [0.4, 0.5) is 8.78 Å². The van der Waals surface area contributed by atoms with E-state index in [1.165, 1.54) is 12.1 Å². The summed E-state index contributed by atoms with van der Waals surface area (Å²) in [5.74, 6) is -0.948. The molecule has 0 atom stereocenters.